The van der Waals surface area contributed by atoms with E-state index in [9.17, 15) is 0 Å². The van der Waals surface area contributed by atoms with E-state index in [1.54, 1.807) is 11.3 Å². The number of rotatable bonds is 6. The van der Waals surface area contributed by atoms with Crippen molar-refractivity contribution in [1.82, 2.24) is 15.6 Å². The molecule has 1 rings (SSSR count). The van der Waals surface area contributed by atoms with Crippen molar-refractivity contribution in [2.24, 2.45) is 0 Å². The Hall–Kier alpha value is -0.450. The molecule has 3 nitrogen and oxygen atoms in total. The van der Waals surface area contributed by atoms with E-state index in [1.807, 2.05) is 6.92 Å². The molecule has 0 amide bonds. The maximum atomic E-state index is 4.46. The fourth-order valence-corrected chi connectivity index (χ4v) is 2.14. The van der Waals surface area contributed by atoms with Gasteiger partial charge in [-0.05, 0) is 13.8 Å². The Morgan fingerprint density at radius 3 is 2.47 bits per heavy atom. The first-order valence-electron chi connectivity index (χ1n) is 5.48. The highest BCUT2D eigenvalue weighted by Crippen LogP contribution is 2.16. The zero-order valence-electron chi connectivity index (χ0n) is 10.0. The summed E-state index contributed by atoms with van der Waals surface area (Å²) in [5.74, 6) is 0. The minimum atomic E-state index is 0.359. The number of hydrogen-bond donors (Lipinski definition) is 2. The van der Waals surface area contributed by atoms with E-state index in [4.69, 9.17) is 0 Å². The Morgan fingerprint density at radius 2 is 1.93 bits per heavy atom. The summed E-state index contributed by atoms with van der Waals surface area (Å²) in [4.78, 5) is 4.46. The van der Waals surface area contributed by atoms with Crippen molar-refractivity contribution in [2.75, 3.05) is 13.1 Å². The van der Waals surface area contributed by atoms with Gasteiger partial charge in [-0.25, -0.2) is 4.98 Å². The van der Waals surface area contributed by atoms with Gasteiger partial charge in [0.15, 0.2) is 0 Å². The van der Waals surface area contributed by atoms with Gasteiger partial charge in [0.05, 0.1) is 6.04 Å². The van der Waals surface area contributed by atoms with Crippen LogP contribution < -0.4 is 10.6 Å². The number of thiazole rings is 1. The molecule has 0 spiro atoms. The fourth-order valence-electron chi connectivity index (χ4n) is 1.31. The molecule has 0 aliphatic heterocycles. The lowest BCUT2D eigenvalue weighted by molar-refractivity contribution is 0.516. The van der Waals surface area contributed by atoms with Gasteiger partial charge >= 0.3 is 0 Å². The second-order valence-corrected chi connectivity index (χ2v) is 5.00. The molecule has 2 N–H and O–H groups in total. The number of aromatic nitrogens is 1. The Bertz CT molecular complexity index is 283. The quantitative estimate of drug-likeness (QED) is 0.731. The van der Waals surface area contributed by atoms with Gasteiger partial charge in [0.1, 0.15) is 5.01 Å². The molecular weight excluding hydrogens is 206 g/mol. The van der Waals surface area contributed by atoms with E-state index in [2.05, 4.69) is 41.8 Å². The second kappa shape index (κ2) is 6.20. The smallest absolute Gasteiger partial charge is 0.110 e. The Labute approximate surface area is 96.3 Å². The number of nitrogens with zero attached hydrogens (tertiary/aromatic N) is 1. The Kier molecular flexibility index (Phi) is 5.22. The molecule has 86 valence electrons. The molecule has 0 radical (unpaired) electrons. The molecule has 0 aliphatic rings. The van der Waals surface area contributed by atoms with Crippen molar-refractivity contribution in [2.45, 2.75) is 39.8 Å². The SMILES string of the molecule is Cc1csc(C(C)NCCNC(C)C)n1. The van der Waals surface area contributed by atoms with E-state index in [0.29, 0.717) is 12.1 Å². The molecule has 0 aliphatic carbocycles. The minimum Gasteiger partial charge on any atom is -0.313 e. The van der Waals surface area contributed by atoms with Gasteiger partial charge < -0.3 is 10.6 Å². The molecule has 0 fully saturated rings. The first-order chi connectivity index (χ1) is 7.09. The average Bonchev–Trinajstić information content (AvgIpc) is 2.59. The summed E-state index contributed by atoms with van der Waals surface area (Å²) >= 11 is 1.73. The standard InChI is InChI=1S/C11H21N3S/c1-8(2)12-5-6-13-10(4)11-14-9(3)7-15-11/h7-8,10,12-13H,5-6H2,1-4H3. The molecule has 1 unspecified atom stereocenters. The summed E-state index contributed by atoms with van der Waals surface area (Å²) < 4.78 is 0. The predicted octanol–water partition coefficient (Wildman–Crippen LogP) is 2.10. The minimum absolute atomic E-state index is 0.359. The van der Waals surface area contributed by atoms with Crippen LogP contribution in [0, 0.1) is 6.92 Å². The molecule has 0 saturated carbocycles. The van der Waals surface area contributed by atoms with Gasteiger partial charge in [-0.1, -0.05) is 13.8 Å². The van der Waals surface area contributed by atoms with E-state index >= 15 is 0 Å². The third-order valence-corrected chi connectivity index (χ3v) is 3.28. The van der Waals surface area contributed by atoms with E-state index in [0.717, 1.165) is 18.8 Å². The van der Waals surface area contributed by atoms with Crippen molar-refractivity contribution in [1.29, 1.82) is 0 Å². The number of nitrogens with one attached hydrogen (secondary N) is 2. The summed E-state index contributed by atoms with van der Waals surface area (Å²) in [5, 5.41) is 10.1. The van der Waals surface area contributed by atoms with Gasteiger partial charge in [-0.2, -0.15) is 0 Å². The number of hydrogen-bond acceptors (Lipinski definition) is 4. The van der Waals surface area contributed by atoms with E-state index in [1.165, 1.54) is 5.01 Å². The van der Waals surface area contributed by atoms with E-state index < -0.39 is 0 Å². The summed E-state index contributed by atoms with van der Waals surface area (Å²) in [6, 6.07) is 0.918. The van der Waals surface area contributed by atoms with Crippen molar-refractivity contribution in [3.63, 3.8) is 0 Å². The highest BCUT2D eigenvalue weighted by Gasteiger charge is 2.07. The number of aryl methyl sites for hydroxylation is 1. The molecule has 15 heavy (non-hydrogen) atoms. The van der Waals surface area contributed by atoms with Gasteiger partial charge in [-0.15, -0.1) is 11.3 Å². The maximum absolute atomic E-state index is 4.46. The highest BCUT2D eigenvalue weighted by molar-refractivity contribution is 7.09. The highest BCUT2D eigenvalue weighted by atomic mass is 32.1. The van der Waals surface area contributed by atoms with Crippen LogP contribution in [0.1, 0.15) is 37.5 Å². The third-order valence-electron chi connectivity index (χ3n) is 2.14. The lowest BCUT2D eigenvalue weighted by atomic mass is 10.3. The monoisotopic (exact) mass is 227 g/mol. The van der Waals surface area contributed by atoms with Crippen LogP contribution in [0.2, 0.25) is 0 Å². The molecule has 0 bridgehead atoms. The van der Waals surface area contributed by atoms with Crippen molar-refractivity contribution >= 4 is 11.3 Å². The fraction of sp³-hybridized carbons (Fsp3) is 0.727. The molecular formula is C11H21N3S. The third kappa shape index (κ3) is 4.73. The van der Waals surface area contributed by atoms with Gasteiger partial charge in [0.25, 0.3) is 0 Å². The van der Waals surface area contributed by atoms with Crippen LogP contribution >= 0.6 is 11.3 Å². The maximum Gasteiger partial charge on any atom is 0.110 e. The Balaban J connectivity index is 2.21. The second-order valence-electron chi connectivity index (χ2n) is 4.11. The van der Waals surface area contributed by atoms with Crippen molar-refractivity contribution in [3.8, 4) is 0 Å². The molecule has 1 atom stereocenters. The Morgan fingerprint density at radius 1 is 1.27 bits per heavy atom. The lowest BCUT2D eigenvalue weighted by Gasteiger charge is -2.12. The molecule has 1 heterocycles. The van der Waals surface area contributed by atoms with Crippen LogP contribution in [-0.4, -0.2) is 24.1 Å². The van der Waals surface area contributed by atoms with Crippen LogP contribution in [0.3, 0.4) is 0 Å². The summed E-state index contributed by atoms with van der Waals surface area (Å²) in [6.07, 6.45) is 0. The largest absolute Gasteiger partial charge is 0.313 e. The van der Waals surface area contributed by atoms with Crippen molar-refractivity contribution < 1.29 is 0 Å². The molecule has 0 aromatic carbocycles. The van der Waals surface area contributed by atoms with Gasteiger partial charge in [-0.3, -0.25) is 0 Å². The van der Waals surface area contributed by atoms with E-state index in [-0.39, 0.29) is 0 Å². The molecule has 0 saturated heterocycles. The summed E-state index contributed by atoms with van der Waals surface area (Å²) in [5.41, 5.74) is 1.11. The topological polar surface area (TPSA) is 37.0 Å². The first-order valence-corrected chi connectivity index (χ1v) is 6.36. The zero-order chi connectivity index (χ0) is 11.3. The first kappa shape index (κ1) is 12.6. The van der Waals surface area contributed by atoms with Crippen LogP contribution in [0.15, 0.2) is 5.38 Å². The predicted molar refractivity (Wildman–Crippen MR) is 66.4 cm³/mol. The lowest BCUT2D eigenvalue weighted by Crippen LogP contribution is -2.32. The molecule has 1 aromatic rings. The van der Waals surface area contributed by atoms with Crippen LogP contribution in [0.4, 0.5) is 0 Å². The van der Waals surface area contributed by atoms with Crippen LogP contribution in [0.25, 0.3) is 0 Å². The van der Waals surface area contributed by atoms with Crippen molar-refractivity contribution in [3.05, 3.63) is 16.1 Å². The summed E-state index contributed by atoms with van der Waals surface area (Å²) in [6.45, 7) is 10.5. The average molecular weight is 227 g/mol. The normalized spacial score (nSPS) is 13.4. The molecule has 4 heteroatoms. The zero-order valence-corrected chi connectivity index (χ0v) is 10.8. The summed E-state index contributed by atoms with van der Waals surface area (Å²) in [7, 11) is 0. The van der Waals surface area contributed by atoms with Gasteiger partial charge in [0.2, 0.25) is 0 Å². The molecule has 1 aromatic heterocycles. The van der Waals surface area contributed by atoms with Crippen LogP contribution in [0.5, 0.6) is 0 Å². The van der Waals surface area contributed by atoms with Gasteiger partial charge in [0, 0.05) is 30.2 Å². The van der Waals surface area contributed by atoms with Crippen LogP contribution in [-0.2, 0) is 0 Å².